The number of hydrogen-bond donors (Lipinski definition) is 2. The highest BCUT2D eigenvalue weighted by molar-refractivity contribution is 7.99. The van der Waals surface area contributed by atoms with Gasteiger partial charge in [-0.25, -0.2) is 4.79 Å². The predicted octanol–water partition coefficient (Wildman–Crippen LogP) is 3.24. The summed E-state index contributed by atoms with van der Waals surface area (Å²) in [6.07, 6.45) is 2.45. The molecule has 0 aromatic carbocycles. The second kappa shape index (κ2) is 10.0. The van der Waals surface area contributed by atoms with Crippen LogP contribution in [0, 0.1) is 13.8 Å². The Kier molecular flexibility index (Phi) is 7.36. The fourth-order valence-electron chi connectivity index (χ4n) is 3.11. The Balaban J connectivity index is 1.78. The van der Waals surface area contributed by atoms with Crippen LogP contribution >= 0.6 is 23.1 Å². The molecular weight excluding hydrogens is 454 g/mol. The van der Waals surface area contributed by atoms with E-state index in [0.717, 1.165) is 29.1 Å². The van der Waals surface area contributed by atoms with Crippen molar-refractivity contribution in [3.05, 3.63) is 34.1 Å². The van der Waals surface area contributed by atoms with Gasteiger partial charge in [0.15, 0.2) is 11.0 Å². The minimum absolute atomic E-state index is 0.0235. The number of anilines is 1. The lowest BCUT2D eigenvalue weighted by Gasteiger charge is -2.09. The molecule has 3 heterocycles. The maximum absolute atomic E-state index is 12.6. The van der Waals surface area contributed by atoms with Crippen molar-refractivity contribution in [2.45, 2.75) is 38.9 Å². The van der Waals surface area contributed by atoms with Crippen molar-refractivity contribution in [3.8, 4) is 11.4 Å². The van der Waals surface area contributed by atoms with Crippen LogP contribution in [0.1, 0.15) is 44.7 Å². The van der Waals surface area contributed by atoms with Crippen molar-refractivity contribution >= 4 is 45.9 Å². The van der Waals surface area contributed by atoms with E-state index in [1.807, 2.05) is 24.5 Å². The average molecular weight is 478 g/mol. The second-order valence-electron chi connectivity index (χ2n) is 6.80. The van der Waals surface area contributed by atoms with Crippen LogP contribution in [0.4, 0.5) is 5.00 Å². The zero-order chi connectivity index (χ0) is 23.4. The molecule has 0 aliphatic heterocycles. The number of furan rings is 1. The Morgan fingerprint density at radius 1 is 1.31 bits per heavy atom. The molecule has 0 spiro atoms. The van der Waals surface area contributed by atoms with Crippen molar-refractivity contribution in [1.82, 2.24) is 14.8 Å². The van der Waals surface area contributed by atoms with Crippen molar-refractivity contribution in [3.63, 3.8) is 0 Å². The van der Waals surface area contributed by atoms with E-state index >= 15 is 0 Å². The number of amides is 2. The number of hydrogen-bond acceptors (Lipinski definition) is 9. The summed E-state index contributed by atoms with van der Waals surface area (Å²) in [6, 6.07) is 1.83. The molecule has 0 aliphatic carbocycles. The minimum Gasteiger partial charge on any atom is -0.469 e. The molecule has 170 valence electrons. The Morgan fingerprint density at radius 3 is 2.66 bits per heavy atom. The molecule has 3 aromatic heterocycles. The fraction of sp³-hybridized carbons (Fsp3) is 0.350. The molecular formula is C20H23N5O5S2. The molecule has 0 radical (unpaired) electrons. The second-order valence-corrected chi connectivity index (χ2v) is 8.76. The highest BCUT2D eigenvalue weighted by atomic mass is 32.2. The molecule has 3 rings (SSSR count). The van der Waals surface area contributed by atoms with Gasteiger partial charge in [0.25, 0.3) is 5.91 Å². The zero-order valence-electron chi connectivity index (χ0n) is 18.1. The van der Waals surface area contributed by atoms with E-state index in [2.05, 4.69) is 15.5 Å². The number of nitrogens with one attached hydrogen (secondary N) is 1. The van der Waals surface area contributed by atoms with Crippen LogP contribution in [0.25, 0.3) is 11.4 Å². The summed E-state index contributed by atoms with van der Waals surface area (Å²) in [7, 11) is 1.23. The number of thioether (sulfide) groups is 1. The highest BCUT2D eigenvalue weighted by Crippen LogP contribution is 2.34. The summed E-state index contributed by atoms with van der Waals surface area (Å²) in [6.45, 7) is 6.15. The molecule has 0 saturated carbocycles. The van der Waals surface area contributed by atoms with Gasteiger partial charge in [0.05, 0.1) is 35.1 Å². The van der Waals surface area contributed by atoms with Crippen molar-refractivity contribution in [2.75, 3.05) is 18.2 Å². The summed E-state index contributed by atoms with van der Waals surface area (Å²) >= 11 is 2.16. The molecule has 0 fully saturated rings. The van der Waals surface area contributed by atoms with Crippen LogP contribution in [0.15, 0.2) is 21.9 Å². The van der Waals surface area contributed by atoms with Crippen LogP contribution in [-0.4, -0.2) is 45.4 Å². The lowest BCUT2D eigenvalue weighted by molar-refractivity contribution is -0.113. The molecule has 2 amide bonds. The average Bonchev–Trinajstić information content (AvgIpc) is 3.43. The maximum Gasteiger partial charge on any atom is 0.341 e. The first-order valence-electron chi connectivity index (χ1n) is 9.70. The Hall–Kier alpha value is -3.12. The molecule has 0 atom stereocenters. The first-order valence-corrected chi connectivity index (χ1v) is 11.5. The quantitative estimate of drug-likeness (QED) is 0.353. The van der Waals surface area contributed by atoms with Crippen LogP contribution in [-0.2, 0) is 16.1 Å². The van der Waals surface area contributed by atoms with Gasteiger partial charge in [-0.15, -0.1) is 21.5 Å². The normalized spacial score (nSPS) is 10.9. The number of esters is 1. The molecule has 0 saturated heterocycles. The molecule has 12 heteroatoms. The van der Waals surface area contributed by atoms with Crippen molar-refractivity contribution in [2.24, 2.45) is 5.73 Å². The van der Waals surface area contributed by atoms with Gasteiger partial charge in [0.1, 0.15) is 10.8 Å². The van der Waals surface area contributed by atoms with Gasteiger partial charge in [-0.05, 0) is 31.9 Å². The number of nitrogens with zero attached hydrogens (tertiary/aromatic N) is 3. The Morgan fingerprint density at radius 2 is 2.06 bits per heavy atom. The zero-order valence-corrected chi connectivity index (χ0v) is 19.7. The van der Waals surface area contributed by atoms with Gasteiger partial charge in [-0.2, -0.15) is 0 Å². The van der Waals surface area contributed by atoms with Crippen LogP contribution in [0.5, 0.6) is 0 Å². The van der Waals surface area contributed by atoms with Crippen LogP contribution in [0.2, 0.25) is 0 Å². The van der Waals surface area contributed by atoms with E-state index in [1.165, 1.54) is 18.9 Å². The highest BCUT2D eigenvalue weighted by Gasteiger charge is 2.25. The molecule has 32 heavy (non-hydrogen) atoms. The maximum atomic E-state index is 12.6. The molecule has 10 nitrogen and oxygen atoms in total. The minimum atomic E-state index is -0.678. The van der Waals surface area contributed by atoms with E-state index in [1.54, 1.807) is 13.2 Å². The Bertz CT molecular complexity index is 1160. The van der Waals surface area contributed by atoms with Gasteiger partial charge in [0.2, 0.25) is 5.91 Å². The number of ether oxygens (including phenoxy) is 1. The number of carbonyl (C=O) groups is 3. The third-order valence-corrected chi connectivity index (χ3v) is 6.80. The van der Waals surface area contributed by atoms with Crippen molar-refractivity contribution in [1.29, 1.82) is 0 Å². The summed E-state index contributed by atoms with van der Waals surface area (Å²) in [5, 5.41) is 12.0. The van der Waals surface area contributed by atoms with Crippen LogP contribution in [0.3, 0.4) is 0 Å². The largest absolute Gasteiger partial charge is 0.469 e. The monoisotopic (exact) mass is 477 g/mol. The number of nitrogens with two attached hydrogens (primary N) is 1. The summed E-state index contributed by atoms with van der Waals surface area (Å²) in [5.41, 5.74) is 6.72. The van der Waals surface area contributed by atoms with E-state index in [9.17, 15) is 14.4 Å². The number of thiophene rings is 1. The van der Waals surface area contributed by atoms with E-state index < -0.39 is 11.9 Å². The van der Waals surface area contributed by atoms with E-state index in [4.69, 9.17) is 14.9 Å². The van der Waals surface area contributed by atoms with Crippen molar-refractivity contribution < 1.29 is 23.5 Å². The van der Waals surface area contributed by atoms with Gasteiger partial charge in [-0.1, -0.05) is 18.7 Å². The van der Waals surface area contributed by atoms with E-state index in [0.29, 0.717) is 23.1 Å². The number of aryl methyl sites for hydroxylation is 1. The number of methoxy groups -OCH3 is 1. The van der Waals surface area contributed by atoms with Gasteiger partial charge >= 0.3 is 5.97 Å². The third-order valence-electron chi connectivity index (χ3n) is 4.61. The number of aromatic nitrogens is 3. The third kappa shape index (κ3) is 4.70. The number of carbonyl (C=O) groups excluding carboxylic acids is 3. The summed E-state index contributed by atoms with van der Waals surface area (Å²) in [4.78, 5) is 36.6. The lowest BCUT2D eigenvalue weighted by Crippen LogP contribution is -2.16. The fourth-order valence-corrected chi connectivity index (χ4v) is 4.94. The first kappa shape index (κ1) is 23.5. The SMILES string of the molecule is CCCn1c(SCC(=O)Nc2sc(C(N)=O)c(C)c2C(=O)OC)nnc1-c1ccoc1C. The van der Waals surface area contributed by atoms with E-state index in [-0.39, 0.29) is 27.1 Å². The first-order chi connectivity index (χ1) is 15.3. The summed E-state index contributed by atoms with van der Waals surface area (Å²) < 4.78 is 12.1. The molecule has 3 aromatic rings. The summed E-state index contributed by atoms with van der Waals surface area (Å²) in [5.74, 6) is -0.272. The number of primary amides is 1. The molecule has 0 unspecified atom stereocenters. The van der Waals surface area contributed by atoms with Gasteiger partial charge in [-0.3, -0.25) is 9.59 Å². The molecule has 0 aliphatic rings. The number of rotatable bonds is 9. The molecule has 3 N–H and O–H groups in total. The lowest BCUT2D eigenvalue weighted by atomic mass is 10.1. The van der Waals surface area contributed by atoms with Gasteiger partial charge < -0.3 is 24.8 Å². The standard InChI is InChI=1S/C20H23N5O5S2/c1-5-7-25-17(12-6-8-30-11(12)3)23-24-20(25)31-9-13(26)22-18-14(19(28)29-4)10(2)15(32-18)16(21)27/h6,8H,5,7,9H2,1-4H3,(H2,21,27)(H,22,26). The molecule has 0 bridgehead atoms. The smallest absolute Gasteiger partial charge is 0.341 e. The van der Waals surface area contributed by atoms with Crippen LogP contribution < -0.4 is 11.1 Å². The van der Waals surface area contributed by atoms with Gasteiger partial charge in [0, 0.05) is 6.54 Å². The predicted molar refractivity (Wildman–Crippen MR) is 121 cm³/mol. The Labute approximate surface area is 192 Å². The topological polar surface area (TPSA) is 142 Å².